The van der Waals surface area contributed by atoms with Crippen molar-refractivity contribution in [2.75, 3.05) is 19.7 Å². The molecule has 216 valence electrons. The van der Waals surface area contributed by atoms with E-state index in [0.717, 1.165) is 67.1 Å². The number of benzene rings is 2. The Labute approximate surface area is 240 Å². The molecule has 4 aromatic rings. The molecular formula is C31H29F2N5O4. The predicted molar refractivity (Wildman–Crippen MR) is 148 cm³/mol. The molecule has 1 saturated carbocycles. The lowest BCUT2D eigenvalue weighted by molar-refractivity contribution is -0.0591. The van der Waals surface area contributed by atoms with E-state index in [0.29, 0.717) is 11.1 Å². The largest absolute Gasteiger partial charge is 0.478 e. The number of hydrogen-bond acceptors (Lipinski definition) is 7. The molecule has 0 bridgehead atoms. The van der Waals surface area contributed by atoms with E-state index < -0.39 is 17.6 Å². The number of pyridine rings is 1. The van der Waals surface area contributed by atoms with E-state index in [1.54, 1.807) is 12.1 Å². The number of imidazole rings is 1. The van der Waals surface area contributed by atoms with E-state index >= 15 is 0 Å². The number of carboxylic acids is 1. The van der Waals surface area contributed by atoms with Crippen molar-refractivity contribution < 1.29 is 28.2 Å². The van der Waals surface area contributed by atoms with Crippen LogP contribution in [0.25, 0.3) is 11.0 Å². The lowest BCUT2D eigenvalue weighted by atomic mass is 10.1. The van der Waals surface area contributed by atoms with Crippen molar-refractivity contribution in [3.8, 4) is 11.9 Å². The van der Waals surface area contributed by atoms with E-state index in [9.17, 15) is 18.7 Å². The van der Waals surface area contributed by atoms with Gasteiger partial charge < -0.3 is 19.1 Å². The van der Waals surface area contributed by atoms with Crippen LogP contribution in [0.15, 0.2) is 54.7 Å². The topological polar surface area (TPSA) is 113 Å². The van der Waals surface area contributed by atoms with E-state index in [-0.39, 0.29) is 24.2 Å². The minimum atomic E-state index is -0.897. The lowest BCUT2D eigenvalue weighted by Crippen LogP contribution is -2.32. The Morgan fingerprint density at radius 2 is 1.95 bits per heavy atom. The summed E-state index contributed by atoms with van der Waals surface area (Å²) in [6.45, 7) is 4.74. The van der Waals surface area contributed by atoms with E-state index in [2.05, 4.69) is 14.5 Å². The van der Waals surface area contributed by atoms with Gasteiger partial charge in [-0.25, -0.2) is 23.5 Å². The number of piperidine rings is 1. The third-order valence-electron chi connectivity index (χ3n) is 7.93. The number of aromatic nitrogens is 3. The first-order valence-electron chi connectivity index (χ1n) is 13.9. The number of nitriles is 1. The molecule has 2 aromatic carbocycles. The van der Waals surface area contributed by atoms with Gasteiger partial charge in [0.15, 0.2) is 0 Å². The number of nitrogens with zero attached hydrogens (tertiary/aromatic N) is 5. The van der Waals surface area contributed by atoms with Gasteiger partial charge in [-0.3, -0.25) is 4.90 Å². The molecule has 1 aliphatic carbocycles. The van der Waals surface area contributed by atoms with Crippen LogP contribution in [-0.4, -0.2) is 56.3 Å². The average Bonchev–Trinajstić information content (AvgIpc) is 3.42. The van der Waals surface area contributed by atoms with Crippen LogP contribution in [0.2, 0.25) is 0 Å². The molecule has 0 amide bonds. The normalized spacial score (nSPS) is 20.6. The summed E-state index contributed by atoms with van der Waals surface area (Å²) in [6.07, 6.45) is 3.70. The molecule has 1 N–H and O–H groups in total. The summed E-state index contributed by atoms with van der Waals surface area (Å²) >= 11 is 0. The van der Waals surface area contributed by atoms with Gasteiger partial charge >= 0.3 is 5.97 Å². The molecule has 0 radical (unpaired) electrons. The molecule has 11 heteroatoms. The molecule has 3 fully saturated rings. The van der Waals surface area contributed by atoms with Crippen LogP contribution in [0.5, 0.6) is 5.88 Å². The van der Waals surface area contributed by atoms with Gasteiger partial charge in [-0.2, -0.15) is 5.26 Å². The summed E-state index contributed by atoms with van der Waals surface area (Å²) in [5.41, 5.74) is 2.65. The minimum absolute atomic E-state index is 0.0316. The zero-order valence-electron chi connectivity index (χ0n) is 22.7. The van der Waals surface area contributed by atoms with Crippen LogP contribution in [0, 0.1) is 34.8 Å². The number of ether oxygens (including phenoxy) is 2. The standard InChI is InChI=1S/C18H21N3O3.C13H8F2N2O/c22-18(23)11-1-2-15-16(6-11)21(9-14-3-4-24-14)17(19-15)10-20-7-12-5-13(12)8-20;14-11-3-4-13(17-7-11)18-8-10-2-1-9(6-16)5-12(10)15/h1-2,6,12-14H,3-5,7-10H2,(H,22,23);1-5,7H,8H2. The van der Waals surface area contributed by atoms with Gasteiger partial charge in [0, 0.05) is 31.3 Å². The summed E-state index contributed by atoms with van der Waals surface area (Å²) in [4.78, 5) is 22.3. The summed E-state index contributed by atoms with van der Waals surface area (Å²) in [6, 6.07) is 13.7. The van der Waals surface area contributed by atoms with Crippen LogP contribution in [0.1, 0.15) is 40.2 Å². The van der Waals surface area contributed by atoms with E-state index in [1.165, 1.54) is 43.8 Å². The Morgan fingerprint density at radius 1 is 1.14 bits per heavy atom. The minimum Gasteiger partial charge on any atom is -0.478 e. The molecule has 2 aromatic heterocycles. The molecule has 7 rings (SSSR count). The van der Waals surface area contributed by atoms with Gasteiger partial charge in [0.2, 0.25) is 5.88 Å². The Bertz CT molecular complexity index is 1640. The molecule has 2 aliphatic heterocycles. The second-order valence-electron chi connectivity index (χ2n) is 10.9. The molecule has 2 saturated heterocycles. The van der Waals surface area contributed by atoms with Gasteiger partial charge in [0.05, 0.1) is 53.6 Å². The fourth-order valence-corrected chi connectivity index (χ4v) is 5.42. The molecule has 3 aliphatic rings. The number of aromatic carboxylic acids is 1. The molecule has 3 unspecified atom stereocenters. The summed E-state index contributed by atoms with van der Waals surface area (Å²) in [7, 11) is 0. The second-order valence-corrected chi connectivity index (χ2v) is 10.9. The first-order chi connectivity index (χ1) is 20.4. The molecule has 9 nitrogen and oxygen atoms in total. The van der Waals surface area contributed by atoms with E-state index in [4.69, 9.17) is 19.7 Å². The average molecular weight is 574 g/mol. The van der Waals surface area contributed by atoms with E-state index in [1.807, 2.05) is 12.1 Å². The first-order valence-corrected chi connectivity index (χ1v) is 13.9. The number of fused-ring (bicyclic) bond motifs is 2. The first kappa shape index (κ1) is 27.8. The van der Waals surface area contributed by atoms with Crippen molar-refractivity contribution in [3.05, 3.63) is 88.9 Å². The predicted octanol–water partition coefficient (Wildman–Crippen LogP) is 4.79. The van der Waals surface area contributed by atoms with Gasteiger partial charge in [0.25, 0.3) is 0 Å². The van der Waals surface area contributed by atoms with Crippen LogP contribution < -0.4 is 4.74 Å². The summed E-state index contributed by atoms with van der Waals surface area (Å²) in [5, 5.41) is 17.9. The van der Waals surface area contributed by atoms with Crippen molar-refractivity contribution in [2.24, 2.45) is 11.8 Å². The maximum atomic E-state index is 13.5. The highest BCUT2D eigenvalue weighted by Crippen LogP contribution is 2.45. The van der Waals surface area contributed by atoms with Crippen LogP contribution >= 0.6 is 0 Å². The maximum absolute atomic E-state index is 13.5. The number of carboxylic acid groups (broad SMARTS) is 1. The third kappa shape index (κ3) is 6.25. The highest BCUT2D eigenvalue weighted by molar-refractivity contribution is 5.92. The third-order valence-corrected chi connectivity index (χ3v) is 7.93. The van der Waals surface area contributed by atoms with Crippen LogP contribution in [0.4, 0.5) is 8.78 Å². The highest BCUT2D eigenvalue weighted by atomic mass is 19.1. The lowest BCUT2D eigenvalue weighted by Gasteiger charge is -2.28. The number of likely N-dealkylation sites (tertiary alicyclic amines) is 1. The zero-order valence-corrected chi connectivity index (χ0v) is 22.7. The molecule has 4 heterocycles. The monoisotopic (exact) mass is 573 g/mol. The van der Waals surface area contributed by atoms with Gasteiger partial charge in [0.1, 0.15) is 24.1 Å². The van der Waals surface area contributed by atoms with Crippen molar-refractivity contribution in [3.63, 3.8) is 0 Å². The van der Waals surface area contributed by atoms with Crippen LogP contribution in [-0.2, 0) is 24.4 Å². The number of carbonyl (C=O) groups is 1. The van der Waals surface area contributed by atoms with Crippen molar-refractivity contribution >= 4 is 17.0 Å². The van der Waals surface area contributed by atoms with Gasteiger partial charge in [-0.05, 0) is 61.1 Å². The van der Waals surface area contributed by atoms with Crippen molar-refractivity contribution in [2.45, 2.75) is 38.6 Å². The zero-order chi connectivity index (χ0) is 29.2. The van der Waals surface area contributed by atoms with Crippen molar-refractivity contribution in [1.29, 1.82) is 5.26 Å². The van der Waals surface area contributed by atoms with Gasteiger partial charge in [-0.1, -0.05) is 6.07 Å². The number of halogens is 2. The van der Waals surface area contributed by atoms with Crippen LogP contribution in [0.3, 0.4) is 0 Å². The maximum Gasteiger partial charge on any atom is 0.335 e. The molecular weight excluding hydrogens is 544 g/mol. The Morgan fingerprint density at radius 3 is 2.60 bits per heavy atom. The highest BCUT2D eigenvalue weighted by Gasteiger charge is 2.45. The molecule has 42 heavy (non-hydrogen) atoms. The fourth-order valence-electron chi connectivity index (χ4n) is 5.42. The summed E-state index contributed by atoms with van der Waals surface area (Å²) in [5.74, 6) is 1.16. The number of hydrogen-bond donors (Lipinski definition) is 1. The smallest absolute Gasteiger partial charge is 0.335 e. The summed E-state index contributed by atoms with van der Waals surface area (Å²) < 4.78 is 39.1. The second kappa shape index (κ2) is 11.8. The Kier molecular flexibility index (Phi) is 7.82. The Balaban J connectivity index is 0.000000158. The molecule has 3 atom stereocenters. The van der Waals surface area contributed by atoms with Crippen molar-refractivity contribution in [1.82, 2.24) is 19.4 Å². The Hall–Kier alpha value is -4.40. The quantitative estimate of drug-likeness (QED) is 0.320. The fraction of sp³-hybridized carbons (Fsp3) is 0.355. The van der Waals surface area contributed by atoms with Gasteiger partial charge in [-0.15, -0.1) is 0 Å². The molecule has 0 spiro atoms. The number of rotatable bonds is 8. The SMILES string of the molecule is N#Cc1ccc(COc2ccc(F)cn2)c(F)c1.O=C(O)c1ccc2nc(CN3CC4CC4C3)n(CC3CCO3)c2c1.